The molecule has 2 rings (SSSR count). The first-order chi connectivity index (χ1) is 7.66. The zero-order valence-corrected chi connectivity index (χ0v) is 8.67. The maximum absolute atomic E-state index is 8.98. The smallest absolute Gasteiger partial charge is 0.322 e. The van der Waals surface area contributed by atoms with Crippen LogP contribution in [-0.4, -0.2) is 10.5 Å². The van der Waals surface area contributed by atoms with Crippen LogP contribution in [0, 0.1) is 0 Å². The number of rotatable bonds is 1. The molecule has 0 aliphatic heterocycles. The van der Waals surface area contributed by atoms with Crippen LogP contribution in [0.4, 0.5) is 0 Å². The van der Waals surface area contributed by atoms with Crippen molar-refractivity contribution in [2.24, 2.45) is 11.5 Å². The summed E-state index contributed by atoms with van der Waals surface area (Å²) in [5, 5.41) is 0. The van der Waals surface area contributed by atoms with E-state index >= 15 is 0 Å². The van der Waals surface area contributed by atoms with E-state index in [2.05, 4.69) is 4.79 Å². The normalized spacial score (nSPS) is 23.8. The van der Waals surface area contributed by atoms with E-state index in [1.807, 2.05) is 30.3 Å². The van der Waals surface area contributed by atoms with Crippen molar-refractivity contribution >= 4 is 5.71 Å². The van der Waals surface area contributed by atoms with Gasteiger partial charge in [0, 0.05) is 11.8 Å². The Morgan fingerprint density at radius 2 is 1.88 bits per heavy atom. The summed E-state index contributed by atoms with van der Waals surface area (Å²) in [4.78, 5) is 3.21. The lowest BCUT2D eigenvalue weighted by Gasteiger charge is -2.23. The Bertz CT molecular complexity index is 509. The van der Waals surface area contributed by atoms with Gasteiger partial charge in [-0.3, -0.25) is 0 Å². The van der Waals surface area contributed by atoms with Gasteiger partial charge in [0.2, 0.25) is 0 Å². The van der Waals surface area contributed by atoms with Crippen molar-refractivity contribution in [2.75, 3.05) is 0 Å². The topological polar surface area (TPSA) is 88.4 Å². The molecule has 80 valence electrons. The van der Waals surface area contributed by atoms with Crippen LogP contribution in [0.25, 0.3) is 5.53 Å². The van der Waals surface area contributed by atoms with Crippen molar-refractivity contribution in [3.8, 4) is 0 Å². The molecule has 4 nitrogen and oxygen atoms in total. The molecule has 0 spiro atoms. The molecular formula is C12H12N4. The van der Waals surface area contributed by atoms with Gasteiger partial charge in [0.05, 0.1) is 0 Å². The fourth-order valence-electron chi connectivity index (χ4n) is 1.71. The molecule has 0 aromatic heterocycles. The average Bonchev–Trinajstić information content (AvgIpc) is 2.33. The summed E-state index contributed by atoms with van der Waals surface area (Å²) in [6.07, 6.45) is 5.00. The molecule has 0 radical (unpaired) electrons. The highest BCUT2D eigenvalue weighted by Gasteiger charge is 2.38. The van der Waals surface area contributed by atoms with Crippen LogP contribution in [0.5, 0.6) is 0 Å². The molecule has 1 aromatic rings. The van der Waals surface area contributed by atoms with Gasteiger partial charge in [-0.25, -0.2) is 0 Å². The molecule has 1 atom stereocenters. The van der Waals surface area contributed by atoms with E-state index in [1.54, 1.807) is 18.2 Å². The second-order valence-electron chi connectivity index (χ2n) is 3.70. The number of benzene rings is 1. The van der Waals surface area contributed by atoms with Gasteiger partial charge in [-0.2, -0.15) is 4.79 Å². The molecule has 0 fully saturated rings. The minimum absolute atomic E-state index is 0.332. The van der Waals surface area contributed by atoms with Gasteiger partial charge >= 0.3 is 5.71 Å². The molecular weight excluding hydrogens is 200 g/mol. The zero-order valence-electron chi connectivity index (χ0n) is 8.67. The first-order valence-corrected chi connectivity index (χ1v) is 4.90. The lowest BCUT2D eigenvalue weighted by Crippen LogP contribution is -2.44. The molecule has 4 N–H and O–H groups in total. The van der Waals surface area contributed by atoms with Gasteiger partial charge in [0.25, 0.3) is 0 Å². The van der Waals surface area contributed by atoms with Crippen LogP contribution in [0.15, 0.2) is 54.3 Å². The van der Waals surface area contributed by atoms with Crippen LogP contribution >= 0.6 is 0 Å². The zero-order chi connectivity index (χ0) is 11.6. The van der Waals surface area contributed by atoms with E-state index in [4.69, 9.17) is 17.0 Å². The Labute approximate surface area is 93.5 Å². The Hall–Kier alpha value is -2.16. The summed E-state index contributed by atoms with van der Waals surface area (Å²) >= 11 is 0. The standard InChI is InChI=1S/C12H12N4/c13-10-6-7-12(14,11(8-10)16-15)9-4-2-1-3-5-9/h1-8H,13-14H2. The van der Waals surface area contributed by atoms with Crippen molar-refractivity contribution in [3.05, 3.63) is 65.4 Å². The SMILES string of the molecule is [N-]=[N+]=C1C=C(N)C=CC1(N)c1ccccc1. The molecule has 1 aliphatic rings. The van der Waals surface area contributed by atoms with Crippen molar-refractivity contribution in [1.29, 1.82) is 0 Å². The summed E-state index contributed by atoms with van der Waals surface area (Å²) in [5.74, 6) is 0. The fraction of sp³-hybridized carbons (Fsp3) is 0.0833. The maximum Gasteiger partial charge on any atom is 0.322 e. The molecule has 0 amide bonds. The summed E-state index contributed by atoms with van der Waals surface area (Å²) in [5.41, 5.74) is 21.6. The van der Waals surface area contributed by atoms with Crippen LogP contribution in [-0.2, 0) is 5.54 Å². The molecule has 0 saturated heterocycles. The minimum atomic E-state index is -0.918. The lowest BCUT2D eigenvalue weighted by atomic mass is 9.83. The predicted octanol–water partition coefficient (Wildman–Crippen LogP) is 0.924. The molecule has 1 aliphatic carbocycles. The lowest BCUT2D eigenvalue weighted by molar-refractivity contribution is -0.0110. The van der Waals surface area contributed by atoms with E-state index in [-0.39, 0.29) is 0 Å². The first kappa shape index (κ1) is 10.4. The Morgan fingerprint density at radius 1 is 1.19 bits per heavy atom. The third-order valence-corrected chi connectivity index (χ3v) is 2.63. The number of hydrogen-bond acceptors (Lipinski definition) is 2. The van der Waals surface area contributed by atoms with Crippen LogP contribution in [0.2, 0.25) is 0 Å². The van der Waals surface area contributed by atoms with E-state index in [1.165, 1.54) is 0 Å². The van der Waals surface area contributed by atoms with Gasteiger partial charge in [0.15, 0.2) is 5.54 Å². The number of hydrogen-bond donors (Lipinski definition) is 2. The Kier molecular flexibility index (Phi) is 2.44. The van der Waals surface area contributed by atoms with E-state index in [9.17, 15) is 0 Å². The second kappa shape index (κ2) is 3.77. The van der Waals surface area contributed by atoms with Crippen LogP contribution in [0.3, 0.4) is 0 Å². The summed E-state index contributed by atoms with van der Waals surface area (Å²) < 4.78 is 0. The van der Waals surface area contributed by atoms with Gasteiger partial charge in [-0.1, -0.05) is 30.3 Å². The third-order valence-electron chi connectivity index (χ3n) is 2.63. The monoisotopic (exact) mass is 212 g/mol. The van der Waals surface area contributed by atoms with E-state index in [0.717, 1.165) is 5.56 Å². The minimum Gasteiger partial charge on any atom is -0.399 e. The molecule has 0 bridgehead atoms. The van der Waals surface area contributed by atoms with Gasteiger partial charge < -0.3 is 17.0 Å². The van der Waals surface area contributed by atoms with E-state index < -0.39 is 5.54 Å². The van der Waals surface area contributed by atoms with Crippen LogP contribution in [0.1, 0.15) is 5.56 Å². The van der Waals surface area contributed by atoms with Crippen molar-refractivity contribution in [1.82, 2.24) is 0 Å². The molecule has 16 heavy (non-hydrogen) atoms. The van der Waals surface area contributed by atoms with Gasteiger partial charge in [-0.05, 0) is 17.7 Å². The van der Waals surface area contributed by atoms with Gasteiger partial charge in [-0.15, -0.1) is 0 Å². The number of nitrogens with zero attached hydrogens (tertiary/aromatic N) is 2. The van der Waals surface area contributed by atoms with Crippen molar-refractivity contribution in [2.45, 2.75) is 5.54 Å². The Balaban J connectivity index is 2.56. The summed E-state index contributed by atoms with van der Waals surface area (Å²) in [6.45, 7) is 0. The van der Waals surface area contributed by atoms with Crippen LogP contribution < -0.4 is 11.5 Å². The van der Waals surface area contributed by atoms with Crippen molar-refractivity contribution < 1.29 is 4.79 Å². The Morgan fingerprint density at radius 3 is 2.50 bits per heavy atom. The molecule has 1 unspecified atom stereocenters. The van der Waals surface area contributed by atoms with Gasteiger partial charge in [0.1, 0.15) is 0 Å². The summed E-state index contributed by atoms with van der Waals surface area (Å²) in [7, 11) is 0. The molecule has 1 aromatic carbocycles. The quantitative estimate of drug-likeness (QED) is 0.535. The number of nitrogens with two attached hydrogens (primary N) is 2. The highest BCUT2D eigenvalue weighted by Crippen LogP contribution is 2.24. The first-order valence-electron chi connectivity index (χ1n) is 4.90. The second-order valence-corrected chi connectivity index (χ2v) is 3.70. The molecule has 4 heteroatoms. The van der Waals surface area contributed by atoms with Crippen molar-refractivity contribution in [3.63, 3.8) is 0 Å². The highest BCUT2D eigenvalue weighted by molar-refractivity contribution is 6.02. The molecule has 0 saturated carbocycles. The third kappa shape index (κ3) is 1.56. The number of allylic oxidation sites excluding steroid dienone is 1. The molecule has 0 heterocycles. The predicted molar refractivity (Wildman–Crippen MR) is 62.3 cm³/mol. The maximum atomic E-state index is 8.98. The highest BCUT2D eigenvalue weighted by atomic mass is 14.9. The largest absolute Gasteiger partial charge is 0.399 e. The average molecular weight is 212 g/mol. The van der Waals surface area contributed by atoms with E-state index in [0.29, 0.717) is 11.4 Å². The fourth-order valence-corrected chi connectivity index (χ4v) is 1.71. The summed E-state index contributed by atoms with van der Waals surface area (Å²) in [6, 6.07) is 9.43.